The van der Waals surface area contributed by atoms with E-state index < -0.39 is 17.9 Å². The third kappa shape index (κ3) is 9.35. The van der Waals surface area contributed by atoms with Crippen LogP contribution in [0.2, 0.25) is 0 Å². The predicted molar refractivity (Wildman–Crippen MR) is 58.7 cm³/mol. The number of carboxylic acids is 3. The molecule has 6 heteroatoms. The summed E-state index contributed by atoms with van der Waals surface area (Å²) >= 11 is 0. The molecule has 98 valence electrons. The summed E-state index contributed by atoms with van der Waals surface area (Å²) in [6, 6.07) is 0. The van der Waals surface area contributed by atoms with Crippen LogP contribution in [0.4, 0.5) is 0 Å². The summed E-state index contributed by atoms with van der Waals surface area (Å²) in [4.78, 5) is 29.6. The van der Waals surface area contributed by atoms with Crippen molar-refractivity contribution in [1.82, 2.24) is 0 Å². The van der Waals surface area contributed by atoms with E-state index in [0.29, 0.717) is 0 Å². The summed E-state index contributed by atoms with van der Waals surface area (Å²) in [5.41, 5.74) is 0. The smallest absolute Gasteiger partial charge is 0.306 e. The molecule has 0 aliphatic heterocycles. The van der Waals surface area contributed by atoms with Gasteiger partial charge in [-0.05, 0) is 12.8 Å². The van der Waals surface area contributed by atoms with Gasteiger partial charge in [-0.15, -0.1) is 0 Å². The van der Waals surface area contributed by atoms with Crippen LogP contribution in [0.1, 0.15) is 44.9 Å². The second-order valence-corrected chi connectivity index (χ2v) is 3.96. The molecule has 1 saturated carbocycles. The number of carboxylic acid groups (broad SMARTS) is 3. The Hall–Kier alpha value is -1.59. The van der Waals surface area contributed by atoms with Gasteiger partial charge in [-0.1, -0.05) is 19.3 Å². The summed E-state index contributed by atoms with van der Waals surface area (Å²) in [5, 5.41) is 24.3. The Morgan fingerprint density at radius 2 is 1.24 bits per heavy atom. The monoisotopic (exact) mass is 246 g/mol. The zero-order valence-electron chi connectivity index (χ0n) is 9.59. The van der Waals surface area contributed by atoms with E-state index >= 15 is 0 Å². The lowest BCUT2D eigenvalue weighted by Gasteiger charge is -2.16. The molecule has 0 bridgehead atoms. The molecule has 1 aliphatic carbocycles. The maximum atomic E-state index is 10.4. The van der Waals surface area contributed by atoms with Gasteiger partial charge < -0.3 is 15.3 Å². The molecular weight excluding hydrogens is 228 g/mol. The zero-order chi connectivity index (χ0) is 13.3. The molecule has 1 aliphatic rings. The Labute approximate surface area is 99.3 Å². The Morgan fingerprint density at radius 1 is 0.824 bits per heavy atom. The molecule has 3 N–H and O–H groups in total. The van der Waals surface area contributed by atoms with Gasteiger partial charge >= 0.3 is 17.9 Å². The number of carbonyl (C=O) groups is 3. The van der Waals surface area contributed by atoms with E-state index in [-0.39, 0.29) is 18.8 Å². The van der Waals surface area contributed by atoms with Gasteiger partial charge in [-0.25, -0.2) is 0 Å². The van der Waals surface area contributed by atoms with Crippen LogP contribution in [0, 0.1) is 5.92 Å². The van der Waals surface area contributed by atoms with Gasteiger partial charge in [-0.3, -0.25) is 14.4 Å². The molecule has 0 amide bonds. The molecule has 0 heterocycles. The molecule has 6 nitrogen and oxygen atoms in total. The molecule has 1 rings (SSSR count). The van der Waals surface area contributed by atoms with Crippen molar-refractivity contribution in [2.75, 3.05) is 0 Å². The van der Waals surface area contributed by atoms with Gasteiger partial charge in [0.05, 0.1) is 18.8 Å². The maximum Gasteiger partial charge on any atom is 0.306 e. The number of aliphatic carboxylic acids is 3. The molecule has 0 atom stereocenters. The molecule has 1 fully saturated rings. The summed E-state index contributed by atoms with van der Waals surface area (Å²) < 4.78 is 0. The summed E-state index contributed by atoms with van der Waals surface area (Å²) in [5.74, 6) is -2.78. The van der Waals surface area contributed by atoms with Crippen molar-refractivity contribution in [2.24, 2.45) is 5.92 Å². The minimum atomic E-state index is -1.08. The highest BCUT2D eigenvalue weighted by molar-refractivity contribution is 5.75. The third-order valence-corrected chi connectivity index (χ3v) is 2.51. The first-order valence-corrected chi connectivity index (χ1v) is 5.60. The lowest BCUT2D eigenvalue weighted by molar-refractivity contribution is -0.143. The van der Waals surface area contributed by atoms with Gasteiger partial charge in [-0.2, -0.15) is 0 Å². The van der Waals surface area contributed by atoms with Crippen LogP contribution >= 0.6 is 0 Å². The van der Waals surface area contributed by atoms with Crippen LogP contribution in [0.5, 0.6) is 0 Å². The molecule has 0 radical (unpaired) electrons. The molecule has 0 saturated heterocycles. The molecule has 0 unspecified atom stereocenters. The highest BCUT2D eigenvalue weighted by Gasteiger charge is 2.19. The largest absolute Gasteiger partial charge is 0.481 e. The summed E-state index contributed by atoms with van der Waals surface area (Å²) in [6.07, 6.45) is 4.65. The van der Waals surface area contributed by atoms with Gasteiger partial charge in [0.2, 0.25) is 0 Å². The van der Waals surface area contributed by atoms with Crippen LogP contribution in [-0.4, -0.2) is 33.2 Å². The van der Waals surface area contributed by atoms with E-state index in [9.17, 15) is 14.4 Å². The molecular formula is C11H18O6. The van der Waals surface area contributed by atoms with E-state index in [1.165, 1.54) is 6.42 Å². The van der Waals surface area contributed by atoms with Crippen molar-refractivity contribution >= 4 is 17.9 Å². The van der Waals surface area contributed by atoms with E-state index in [2.05, 4.69) is 0 Å². The van der Waals surface area contributed by atoms with Crippen molar-refractivity contribution in [2.45, 2.75) is 44.9 Å². The van der Waals surface area contributed by atoms with Crippen LogP contribution in [0.15, 0.2) is 0 Å². The standard InChI is InChI=1S/C7H12O2.C4H6O4/c8-7(9)6-4-2-1-3-5-6;5-3(6)1-2-4(7)8/h6H,1-5H2,(H,8,9);1-2H2,(H,5,6)(H,7,8). The third-order valence-electron chi connectivity index (χ3n) is 2.51. The molecule has 17 heavy (non-hydrogen) atoms. The van der Waals surface area contributed by atoms with Crippen molar-refractivity contribution in [3.8, 4) is 0 Å². The van der Waals surface area contributed by atoms with E-state index in [1.807, 2.05) is 0 Å². The highest BCUT2D eigenvalue weighted by atomic mass is 16.4. The van der Waals surface area contributed by atoms with E-state index in [1.54, 1.807) is 0 Å². The Balaban J connectivity index is 0.000000304. The van der Waals surface area contributed by atoms with Crippen molar-refractivity contribution in [3.63, 3.8) is 0 Å². The fourth-order valence-electron chi connectivity index (χ4n) is 1.56. The van der Waals surface area contributed by atoms with Crippen LogP contribution in [0.3, 0.4) is 0 Å². The van der Waals surface area contributed by atoms with Crippen LogP contribution < -0.4 is 0 Å². The quantitative estimate of drug-likeness (QED) is 0.694. The number of hydrogen-bond acceptors (Lipinski definition) is 3. The van der Waals surface area contributed by atoms with Crippen molar-refractivity contribution < 1.29 is 29.7 Å². The molecule has 0 aromatic heterocycles. The van der Waals surface area contributed by atoms with Crippen molar-refractivity contribution in [3.05, 3.63) is 0 Å². The van der Waals surface area contributed by atoms with Gasteiger partial charge in [0, 0.05) is 0 Å². The predicted octanol–water partition coefficient (Wildman–Crippen LogP) is 1.59. The highest BCUT2D eigenvalue weighted by Crippen LogP contribution is 2.23. The Bertz CT molecular complexity index is 253. The van der Waals surface area contributed by atoms with Crippen LogP contribution in [-0.2, 0) is 14.4 Å². The summed E-state index contributed by atoms with van der Waals surface area (Å²) in [7, 11) is 0. The second-order valence-electron chi connectivity index (χ2n) is 3.96. The number of hydrogen-bond donors (Lipinski definition) is 3. The maximum absolute atomic E-state index is 10.4. The first-order valence-electron chi connectivity index (χ1n) is 5.60. The minimum Gasteiger partial charge on any atom is -0.481 e. The molecule has 0 aromatic rings. The van der Waals surface area contributed by atoms with Gasteiger partial charge in [0.15, 0.2) is 0 Å². The topological polar surface area (TPSA) is 112 Å². The normalized spacial score (nSPS) is 15.5. The Kier molecular flexibility index (Phi) is 7.75. The lowest BCUT2D eigenvalue weighted by atomic mass is 9.90. The fraction of sp³-hybridized carbons (Fsp3) is 0.727. The fourth-order valence-corrected chi connectivity index (χ4v) is 1.56. The van der Waals surface area contributed by atoms with Gasteiger partial charge in [0.25, 0.3) is 0 Å². The first kappa shape index (κ1) is 15.4. The molecule has 0 aromatic carbocycles. The molecule has 0 spiro atoms. The van der Waals surface area contributed by atoms with Crippen LogP contribution in [0.25, 0.3) is 0 Å². The average Bonchev–Trinajstić information content (AvgIpc) is 2.28. The lowest BCUT2D eigenvalue weighted by Crippen LogP contribution is -2.16. The average molecular weight is 246 g/mol. The number of rotatable bonds is 4. The second kappa shape index (κ2) is 8.55. The van der Waals surface area contributed by atoms with Crippen molar-refractivity contribution in [1.29, 1.82) is 0 Å². The SMILES string of the molecule is O=C(O)C1CCCCC1.O=C(O)CCC(=O)O. The Morgan fingerprint density at radius 3 is 1.47 bits per heavy atom. The zero-order valence-corrected chi connectivity index (χ0v) is 9.59. The first-order chi connectivity index (χ1) is 7.93. The van der Waals surface area contributed by atoms with E-state index in [4.69, 9.17) is 15.3 Å². The summed E-state index contributed by atoms with van der Waals surface area (Å²) in [6.45, 7) is 0. The minimum absolute atomic E-state index is 0.0289. The van der Waals surface area contributed by atoms with Gasteiger partial charge in [0.1, 0.15) is 0 Å². The van der Waals surface area contributed by atoms with E-state index in [0.717, 1.165) is 25.7 Å².